The summed E-state index contributed by atoms with van der Waals surface area (Å²) < 4.78 is 0. The zero-order valence-corrected chi connectivity index (χ0v) is 8.70. The van der Waals surface area contributed by atoms with Gasteiger partial charge in [0, 0.05) is 25.5 Å². The van der Waals surface area contributed by atoms with Crippen molar-refractivity contribution >= 4 is 11.6 Å². The van der Waals surface area contributed by atoms with Crippen LogP contribution in [0.25, 0.3) is 0 Å². The third kappa shape index (κ3) is 1.64. The smallest absolute Gasteiger partial charge is 0.171 e. The van der Waals surface area contributed by atoms with Gasteiger partial charge in [-0.1, -0.05) is 13.8 Å². The van der Waals surface area contributed by atoms with Crippen LogP contribution in [-0.4, -0.2) is 23.1 Å². The molecule has 1 aromatic rings. The van der Waals surface area contributed by atoms with E-state index in [1.54, 1.807) is 12.4 Å². The maximum Gasteiger partial charge on any atom is 0.171 e. The zero-order valence-electron chi connectivity index (χ0n) is 8.70. The lowest BCUT2D eigenvalue weighted by molar-refractivity contribution is 0.418. The summed E-state index contributed by atoms with van der Waals surface area (Å²) in [7, 11) is 0. The van der Waals surface area contributed by atoms with E-state index in [9.17, 15) is 0 Å². The second-order valence-corrected chi connectivity index (χ2v) is 4.60. The molecule has 2 heterocycles. The largest absolute Gasteiger partial charge is 0.381 e. The Hall–Kier alpha value is -1.32. The van der Waals surface area contributed by atoms with Gasteiger partial charge in [0.1, 0.15) is 0 Å². The monoisotopic (exact) mass is 192 g/mol. The molecule has 1 aliphatic heterocycles. The number of hydrogen-bond acceptors (Lipinski definition) is 4. The molecule has 0 radical (unpaired) electrons. The number of hydrogen-bond donors (Lipinski definition) is 1. The summed E-state index contributed by atoms with van der Waals surface area (Å²) >= 11 is 0. The summed E-state index contributed by atoms with van der Waals surface area (Å²) in [5, 5.41) is 0. The standard InChI is InChI=1S/C10H16N4/c1-10(2)3-6-14(7-10)9-8(11)12-4-5-13-9/h4-5H,3,6-7H2,1-2H3,(H2,11,12). The fourth-order valence-corrected chi connectivity index (χ4v) is 1.88. The first-order chi connectivity index (χ1) is 6.58. The highest BCUT2D eigenvalue weighted by molar-refractivity contribution is 5.57. The Bertz CT molecular complexity index is 335. The van der Waals surface area contributed by atoms with Crippen LogP contribution in [0.1, 0.15) is 20.3 Å². The van der Waals surface area contributed by atoms with Gasteiger partial charge >= 0.3 is 0 Å². The van der Waals surface area contributed by atoms with Crippen LogP contribution in [-0.2, 0) is 0 Å². The van der Waals surface area contributed by atoms with Crippen LogP contribution < -0.4 is 10.6 Å². The van der Waals surface area contributed by atoms with Gasteiger partial charge in [-0.3, -0.25) is 0 Å². The summed E-state index contributed by atoms with van der Waals surface area (Å²) in [5.41, 5.74) is 6.14. The molecule has 4 heteroatoms. The molecule has 4 nitrogen and oxygen atoms in total. The lowest BCUT2D eigenvalue weighted by atomic mass is 9.93. The second-order valence-electron chi connectivity index (χ2n) is 4.60. The number of nitrogens with two attached hydrogens (primary N) is 1. The van der Waals surface area contributed by atoms with Crippen LogP contribution in [0.15, 0.2) is 12.4 Å². The maximum atomic E-state index is 5.77. The highest BCUT2D eigenvalue weighted by atomic mass is 15.2. The van der Waals surface area contributed by atoms with Crippen molar-refractivity contribution in [2.45, 2.75) is 20.3 Å². The highest BCUT2D eigenvalue weighted by Crippen LogP contribution is 2.32. The van der Waals surface area contributed by atoms with Crippen LogP contribution in [0.4, 0.5) is 11.6 Å². The summed E-state index contributed by atoms with van der Waals surface area (Å²) in [6.07, 6.45) is 4.50. The van der Waals surface area contributed by atoms with E-state index in [4.69, 9.17) is 5.73 Å². The lowest BCUT2D eigenvalue weighted by Crippen LogP contribution is -2.24. The van der Waals surface area contributed by atoms with E-state index in [0.717, 1.165) is 18.9 Å². The summed E-state index contributed by atoms with van der Waals surface area (Å²) in [6, 6.07) is 0. The van der Waals surface area contributed by atoms with Gasteiger partial charge in [-0.2, -0.15) is 0 Å². The Morgan fingerprint density at radius 2 is 2.07 bits per heavy atom. The average molecular weight is 192 g/mol. The fourth-order valence-electron chi connectivity index (χ4n) is 1.88. The Morgan fingerprint density at radius 3 is 2.64 bits per heavy atom. The van der Waals surface area contributed by atoms with Gasteiger partial charge in [-0.15, -0.1) is 0 Å². The van der Waals surface area contributed by atoms with Gasteiger partial charge in [0.05, 0.1) is 0 Å². The fraction of sp³-hybridized carbons (Fsp3) is 0.600. The molecule has 14 heavy (non-hydrogen) atoms. The molecule has 1 fully saturated rings. The van der Waals surface area contributed by atoms with E-state index in [-0.39, 0.29) is 0 Å². The second kappa shape index (κ2) is 3.12. The number of anilines is 2. The SMILES string of the molecule is CC1(C)CCN(c2nccnc2N)C1. The van der Waals surface area contributed by atoms with Crippen molar-refractivity contribution in [3.63, 3.8) is 0 Å². The topological polar surface area (TPSA) is 55.0 Å². The number of rotatable bonds is 1. The van der Waals surface area contributed by atoms with Crippen LogP contribution in [0.2, 0.25) is 0 Å². The molecule has 0 aliphatic carbocycles. The van der Waals surface area contributed by atoms with E-state index < -0.39 is 0 Å². The van der Waals surface area contributed by atoms with Crippen LogP contribution in [0.5, 0.6) is 0 Å². The zero-order chi connectivity index (χ0) is 10.2. The van der Waals surface area contributed by atoms with Crippen molar-refractivity contribution in [1.29, 1.82) is 0 Å². The van der Waals surface area contributed by atoms with Gasteiger partial charge in [0.2, 0.25) is 0 Å². The molecule has 1 aromatic heterocycles. The van der Waals surface area contributed by atoms with Crippen molar-refractivity contribution < 1.29 is 0 Å². The lowest BCUT2D eigenvalue weighted by Gasteiger charge is -2.20. The third-order valence-corrected chi connectivity index (χ3v) is 2.68. The van der Waals surface area contributed by atoms with Crippen LogP contribution in [0.3, 0.4) is 0 Å². The molecular formula is C10H16N4. The molecule has 1 aliphatic rings. The van der Waals surface area contributed by atoms with Gasteiger partial charge in [0.25, 0.3) is 0 Å². The Balaban J connectivity index is 2.22. The van der Waals surface area contributed by atoms with Gasteiger partial charge in [-0.05, 0) is 11.8 Å². The van der Waals surface area contributed by atoms with Crippen LogP contribution >= 0.6 is 0 Å². The number of nitrogens with zero attached hydrogens (tertiary/aromatic N) is 3. The highest BCUT2D eigenvalue weighted by Gasteiger charge is 2.30. The molecule has 0 amide bonds. The maximum absolute atomic E-state index is 5.77. The minimum absolute atomic E-state index is 0.365. The van der Waals surface area contributed by atoms with E-state index in [1.165, 1.54) is 6.42 Å². The van der Waals surface area contributed by atoms with Gasteiger partial charge in [-0.25, -0.2) is 9.97 Å². The van der Waals surface area contributed by atoms with Crippen molar-refractivity contribution in [2.75, 3.05) is 23.7 Å². The Labute approximate surface area is 84.2 Å². The molecule has 0 saturated carbocycles. The molecule has 0 unspecified atom stereocenters. The Kier molecular flexibility index (Phi) is 2.06. The van der Waals surface area contributed by atoms with Crippen molar-refractivity contribution in [2.24, 2.45) is 5.41 Å². The summed E-state index contributed by atoms with van der Waals surface area (Å²) in [6.45, 7) is 6.56. The summed E-state index contributed by atoms with van der Waals surface area (Å²) in [4.78, 5) is 10.5. The van der Waals surface area contributed by atoms with E-state index in [1.807, 2.05) is 0 Å². The first-order valence-electron chi connectivity index (χ1n) is 4.90. The first kappa shape index (κ1) is 9.24. The normalized spacial score (nSPS) is 20.0. The average Bonchev–Trinajstić information content (AvgIpc) is 2.47. The summed E-state index contributed by atoms with van der Waals surface area (Å²) in [5.74, 6) is 1.36. The third-order valence-electron chi connectivity index (χ3n) is 2.68. The molecule has 76 valence electrons. The molecule has 0 atom stereocenters. The molecule has 0 aromatic carbocycles. The van der Waals surface area contributed by atoms with Crippen molar-refractivity contribution in [3.05, 3.63) is 12.4 Å². The molecule has 2 N–H and O–H groups in total. The number of nitrogen functional groups attached to an aromatic ring is 1. The minimum atomic E-state index is 0.365. The molecule has 0 bridgehead atoms. The van der Waals surface area contributed by atoms with E-state index >= 15 is 0 Å². The number of aromatic nitrogens is 2. The van der Waals surface area contributed by atoms with Crippen molar-refractivity contribution in [3.8, 4) is 0 Å². The molecule has 2 rings (SSSR count). The first-order valence-corrected chi connectivity index (χ1v) is 4.90. The van der Waals surface area contributed by atoms with Gasteiger partial charge < -0.3 is 10.6 Å². The van der Waals surface area contributed by atoms with E-state index in [0.29, 0.717) is 11.2 Å². The van der Waals surface area contributed by atoms with E-state index in [2.05, 4.69) is 28.7 Å². The molecule has 1 saturated heterocycles. The van der Waals surface area contributed by atoms with Gasteiger partial charge in [0.15, 0.2) is 11.6 Å². The minimum Gasteiger partial charge on any atom is -0.381 e. The predicted octanol–water partition coefficient (Wildman–Crippen LogP) is 1.30. The predicted molar refractivity (Wildman–Crippen MR) is 57.1 cm³/mol. The molecule has 0 spiro atoms. The quantitative estimate of drug-likeness (QED) is 0.728. The van der Waals surface area contributed by atoms with Crippen LogP contribution in [0, 0.1) is 5.41 Å². The molecular weight excluding hydrogens is 176 g/mol. The van der Waals surface area contributed by atoms with Crippen molar-refractivity contribution in [1.82, 2.24) is 9.97 Å². The Morgan fingerprint density at radius 1 is 1.36 bits per heavy atom.